The zero-order valence-electron chi connectivity index (χ0n) is 10.3. The van der Waals surface area contributed by atoms with E-state index in [2.05, 4.69) is 0 Å². The van der Waals surface area contributed by atoms with Gasteiger partial charge in [0.25, 0.3) is 0 Å². The minimum absolute atomic E-state index is 0.0399. The molecule has 0 aromatic carbocycles. The SMILES string of the molecule is CN1CCN(C(=O)N2CCC[C@H]2C(=O)O)CC1=O. The molecule has 2 aliphatic heterocycles. The van der Waals surface area contributed by atoms with Crippen LogP contribution in [0.1, 0.15) is 12.8 Å². The third kappa shape index (κ3) is 2.25. The van der Waals surface area contributed by atoms with Gasteiger partial charge in [0, 0.05) is 26.7 Å². The van der Waals surface area contributed by atoms with Gasteiger partial charge < -0.3 is 19.8 Å². The number of carbonyl (C=O) groups excluding carboxylic acids is 2. The molecule has 7 nitrogen and oxygen atoms in total. The minimum atomic E-state index is -0.971. The van der Waals surface area contributed by atoms with Crippen LogP contribution in [0, 0.1) is 0 Å². The van der Waals surface area contributed by atoms with Crippen LogP contribution in [0.25, 0.3) is 0 Å². The number of carbonyl (C=O) groups is 3. The van der Waals surface area contributed by atoms with Gasteiger partial charge in [-0.3, -0.25) is 4.79 Å². The van der Waals surface area contributed by atoms with Crippen molar-refractivity contribution < 1.29 is 19.5 Å². The molecule has 3 amide bonds. The Morgan fingerprint density at radius 2 is 2.00 bits per heavy atom. The average molecular weight is 255 g/mol. The van der Waals surface area contributed by atoms with E-state index in [1.165, 1.54) is 9.80 Å². The van der Waals surface area contributed by atoms with E-state index < -0.39 is 12.0 Å². The molecule has 1 atom stereocenters. The Morgan fingerprint density at radius 3 is 2.61 bits per heavy atom. The van der Waals surface area contributed by atoms with Gasteiger partial charge in [0.1, 0.15) is 12.6 Å². The Kier molecular flexibility index (Phi) is 3.40. The number of aliphatic carboxylic acids is 1. The molecule has 7 heteroatoms. The Hall–Kier alpha value is -1.79. The molecule has 18 heavy (non-hydrogen) atoms. The predicted molar refractivity (Wildman–Crippen MR) is 62.0 cm³/mol. The lowest BCUT2D eigenvalue weighted by molar-refractivity contribution is -0.141. The molecule has 2 heterocycles. The Balaban J connectivity index is 2.03. The molecule has 1 N–H and O–H groups in total. The maximum atomic E-state index is 12.2. The third-order valence-corrected chi connectivity index (χ3v) is 3.51. The summed E-state index contributed by atoms with van der Waals surface area (Å²) in [6, 6.07) is -1.08. The highest BCUT2D eigenvalue weighted by atomic mass is 16.4. The van der Waals surface area contributed by atoms with E-state index in [1.807, 2.05) is 0 Å². The molecule has 2 aliphatic rings. The van der Waals surface area contributed by atoms with Crippen molar-refractivity contribution in [2.24, 2.45) is 0 Å². The van der Waals surface area contributed by atoms with Gasteiger partial charge >= 0.3 is 12.0 Å². The second kappa shape index (κ2) is 4.83. The number of amides is 3. The summed E-state index contributed by atoms with van der Waals surface area (Å²) in [5.41, 5.74) is 0. The fourth-order valence-corrected chi connectivity index (χ4v) is 2.36. The van der Waals surface area contributed by atoms with E-state index in [0.29, 0.717) is 32.5 Å². The van der Waals surface area contributed by atoms with E-state index in [4.69, 9.17) is 5.11 Å². The van der Waals surface area contributed by atoms with Crippen molar-refractivity contribution in [1.82, 2.24) is 14.7 Å². The molecule has 0 spiro atoms. The van der Waals surface area contributed by atoms with Crippen molar-refractivity contribution >= 4 is 17.9 Å². The van der Waals surface area contributed by atoms with E-state index in [9.17, 15) is 14.4 Å². The van der Waals surface area contributed by atoms with Crippen LogP contribution in [-0.4, -0.2) is 77.0 Å². The standard InChI is InChI=1S/C11H17N3O4/c1-12-5-6-13(7-9(12)15)11(18)14-4-2-3-8(14)10(16)17/h8H,2-7H2,1H3,(H,16,17)/t8-/m0/s1. The van der Waals surface area contributed by atoms with E-state index in [0.717, 1.165) is 0 Å². The van der Waals surface area contributed by atoms with Crippen LogP contribution < -0.4 is 0 Å². The van der Waals surface area contributed by atoms with Crippen LogP contribution in [0.15, 0.2) is 0 Å². The van der Waals surface area contributed by atoms with Crippen LogP contribution in [0.3, 0.4) is 0 Å². The Morgan fingerprint density at radius 1 is 1.28 bits per heavy atom. The average Bonchev–Trinajstić information content (AvgIpc) is 2.81. The number of likely N-dealkylation sites (tertiary alicyclic amines) is 1. The molecule has 0 aromatic rings. The second-order valence-corrected chi connectivity index (χ2v) is 4.71. The van der Waals surface area contributed by atoms with Gasteiger partial charge in [0.05, 0.1) is 0 Å². The normalized spacial score (nSPS) is 24.6. The molecule has 0 radical (unpaired) electrons. The number of rotatable bonds is 1. The summed E-state index contributed by atoms with van der Waals surface area (Å²) >= 11 is 0. The van der Waals surface area contributed by atoms with Gasteiger partial charge in [0.15, 0.2) is 0 Å². The molecule has 0 aromatic heterocycles. The van der Waals surface area contributed by atoms with Gasteiger partial charge in [0.2, 0.25) is 5.91 Å². The number of likely N-dealkylation sites (N-methyl/N-ethyl adjacent to an activating group) is 1. The van der Waals surface area contributed by atoms with Crippen molar-refractivity contribution in [3.63, 3.8) is 0 Å². The number of piperazine rings is 1. The number of nitrogens with zero attached hydrogens (tertiary/aromatic N) is 3. The highest BCUT2D eigenvalue weighted by Crippen LogP contribution is 2.20. The molecule has 0 saturated carbocycles. The fraction of sp³-hybridized carbons (Fsp3) is 0.727. The third-order valence-electron chi connectivity index (χ3n) is 3.51. The number of urea groups is 1. The van der Waals surface area contributed by atoms with Crippen molar-refractivity contribution in [3.05, 3.63) is 0 Å². The van der Waals surface area contributed by atoms with Gasteiger partial charge in [-0.1, -0.05) is 0 Å². The van der Waals surface area contributed by atoms with Gasteiger partial charge in [-0.2, -0.15) is 0 Å². The summed E-state index contributed by atoms with van der Waals surface area (Å²) in [5.74, 6) is -1.08. The Labute approximate surface area is 105 Å². The maximum absolute atomic E-state index is 12.2. The lowest BCUT2D eigenvalue weighted by Gasteiger charge is -2.35. The molecule has 2 fully saturated rings. The molecule has 2 saturated heterocycles. The van der Waals surface area contributed by atoms with Crippen LogP contribution >= 0.6 is 0 Å². The first kappa shape index (κ1) is 12.7. The van der Waals surface area contributed by atoms with Gasteiger partial charge in [-0.15, -0.1) is 0 Å². The highest BCUT2D eigenvalue weighted by molar-refractivity contribution is 5.87. The van der Waals surface area contributed by atoms with E-state index in [1.54, 1.807) is 11.9 Å². The highest BCUT2D eigenvalue weighted by Gasteiger charge is 2.37. The first-order valence-corrected chi connectivity index (χ1v) is 6.03. The van der Waals surface area contributed by atoms with Crippen LogP contribution in [0.4, 0.5) is 4.79 Å². The predicted octanol–water partition coefficient (Wildman–Crippen LogP) is -0.571. The minimum Gasteiger partial charge on any atom is -0.480 e. The van der Waals surface area contributed by atoms with Gasteiger partial charge in [-0.05, 0) is 12.8 Å². The van der Waals surface area contributed by atoms with Crippen molar-refractivity contribution in [3.8, 4) is 0 Å². The summed E-state index contributed by atoms with van der Waals surface area (Å²) in [6.45, 7) is 1.45. The summed E-state index contributed by atoms with van der Waals surface area (Å²) in [5, 5.41) is 9.04. The lowest BCUT2D eigenvalue weighted by atomic mass is 10.2. The zero-order chi connectivity index (χ0) is 13.3. The Bertz CT molecular complexity index is 384. The van der Waals surface area contributed by atoms with E-state index in [-0.39, 0.29) is 18.5 Å². The van der Waals surface area contributed by atoms with E-state index >= 15 is 0 Å². The molecule has 2 rings (SSSR count). The first-order valence-electron chi connectivity index (χ1n) is 6.03. The van der Waals surface area contributed by atoms with Crippen LogP contribution in [-0.2, 0) is 9.59 Å². The molecule has 100 valence electrons. The van der Waals surface area contributed by atoms with Crippen molar-refractivity contribution in [1.29, 1.82) is 0 Å². The largest absolute Gasteiger partial charge is 0.480 e. The molecule has 0 aliphatic carbocycles. The van der Waals surface area contributed by atoms with Crippen LogP contribution in [0.2, 0.25) is 0 Å². The molecular weight excluding hydrogens is 238 g/mol. The van der Waals surface area contributed by atoms with Crippen LogP contribution in [0.5, 0.6) is 0 Å². The number of hydrogen-bond donors (Lipinski definition) is 1. The second-order valence-electron chi connectivity index (χ2n) is 4.71. The lowest BCUT2D eigenvalue weighted by Crippen LogP contribution is -2.55. The van der Waals surface area contributed by atoms with Crippen molar-refractivity contribution in [2.75, 3.05) is 33.2 Å². The molecule has 0 bridgehead atoms. The summed E-state index contributed by atoms with van der Waals surface area (Å²) in [4.78, 5) is 39.1. The quantitative estimate of drug-likeness (QED) is 0.680. The van der Waals surface area contributed by atoms with Gasteiger partial charge in [-0.25, -0.2) is 9.59 Å². The number of carboxylic acids is 1. The summed E-state index contributed by atoms with van der Waals surface area (Å²) in [7, 11) is 1.69. The molecular formula is C11H17N3O4. The first-order chi connectivity index (χ1) is 8.50. The van der Waals surface area contributed by atoms with Crippen molar-refractivity contribution in [2.45, 2.75) is 18.9 Å². The number of carboxylic acid groups (broad SMARTS) is 1. The topological polar surface area (TPSA) is 81.2 Å². The number of hydrogen-bond acceptors (Lipinski definition) is 3. The zero-order valence-corrected chi connectivity index (χ0v) is 10.3. The maximum Gasteiger partial charge on any atom is 0.326 e. The monoisotopic (exact) mass is 255 g/mol. The summed E-state index contributed by atoms with van der Waals surface area (Å²) < 4.78 is 0. The fourth-order valence-electron chi connectivity index (χ4n) is 2.36. The smallest absolute Gasteiger partial charge is 0.326 e. The summed E-state index contributed by atoms with van der Waals surface area (Å²) in [6.07, 6.45) is 1.19. The molecule has 0 unspecified atom stereocenters.